The van der Waals surface area contributed by atoms with Crippen LogP contribution in [-0.2, 0) is 14.8 Å². The number of sulfonamides is 1. The first kappa shape index (κ1) is 22.7. The number of aliphatic hydroxyl groups is 2. The van der Waals surface area contributed by atoms with Crippen LogP contribution < -0.4 is 5.73 Å². The predicted octanol–water partition coefficient (Wildman–Crippen LogP) is 1.34. The van der Waals surface area contributed by atoms with Crippen molar-refractivity contribution in [2.45, 2.75) is 36.2 Å². The zero-order chi connectivity index (χ0) is 24.0. The van der Waals surface area contributed by atoms with E-state index in [0.29, 0.717) is 11.2 Å². The Morgan fingerprint density at radius 1 is 1.09 bits per heavy atom. The Morgan fingerprint density at radius 3 is 2.62 bits per heavy atom. The number of hydrogen-bond donors (Lipinski definition) is 3. The van der Waals surface area contributed by atoms with Crippen LogP contribution >= 0.6 is 0 Å². The fourth-order valence-electron chi connectivity index (χ4n) is 4.41. The number of rotatable bonds is 6. The molecule has 0 spiro atoms. The molecule has 0 saturated carbocycles. The van der Waals surface area contributed by atoms with Crippen LogP contribution in [0.2, 0.25) is 0 Å². The summed E-state index contributed by atoms with van der Waals surface area (Å²) in [6.07, 6.45) is -3.15. The smallest absolute Gasteiger partial charge is 0.243 e. The maximum Gasteiger partial charge on any atom is 0.243 e. The first-order valence-corrected chi connectivity index (χ1v) is 12.3. The fraction of sp³-hybridized carbons (Fsp3) is 0.304. The number of nitrogens with two attached hydrogens (primary N) is 1. The van der Waals surface area contributed by atoms with Crippen molar-refractivity contribution in [1.82, 2.24) is 18.9 Å². The van der Waals surface area contributed by atoms with Crippen molar-refractivity contribution in [2.75, 3.05) is 18.8 Å². The van der Waals surface area contributed by atoms with Crippen LogP contribution in [0.3, 0.4) is 0 Å². The summed E-state index contributed by atoms with van der Waals surface area (Å²) >= 11 is 0. The fourth-order valence-corrected chi connectivity index (χ4v) is 5.90. The highest BCUT2D eigenvalue weighted by Gasteiger charge is 2.46. The number of hydrogen-bond acceptors (Lipinski definition) is 8. The van der Waals surface area contributed by atoms with E-state index in [-0.39, 0.29) is 23.8 Å². The molecule has 0 amide bonds. The molecular formula is C23H25N5O5S. The second kappa shape index (κ2) is 8.60. The largest absolute Gasteiger partial charge is 0.388 e. The Balaban J connectivity index is 1.41. The molecule has 11 heteroatoms. The molecule has 2 aromatic heterocycles. The number of aromatic nitrogens is 3. The van der Waals surface area contributed by atoms with E-state index in [2.05, 4.69) is 10.1 Å². The van der Waals surface area contributed by atoms with E-state index in [9.17, 15) is 18.6 Å². The Morgan fingerprint density at radius 2 is 1.85 bits per heavy atom. The van der Waals surface area contributed by atoms with Gasteiger partial charge in [-0.15, -0.1) is 0 Å². The highest BCUT2D eigenvalue weighted by atomic mass is 32.2. The van der Waals surface area contributed by atoms with Gasteiger partial charge in [0.1, 0.15) is 36.3 Å². The molecule has 4 aromatic rings. The van der Waals surface area contributed by atoms with E-state index >= 15 is 0 Å². The van der Waals surface area contributed by atoms with Crippen LogP contribution in [0.1, 0.15) is 18.7 Å². The van der Waals surface area contributed by atoms with Crippen molar-refractivity contribution in [3.05, 3.63) is 66.6 Å². The topological polar surface area (TPSA) is 143 Å². The third kappa shape index (κ3) is 3.71. The number of nitrogen functional groups attached to an aromatic ring is 1. The number of aliphatic hydroxyl groups excluding tert-OH is 2. The summed E-state index contributed by atoms with van der Waals surface area (Å²) in [5.74, 6) is 0.268. The lowest BCUT2D eigenvalue weighted by Crippen LogP contribution is -2.42. The number of fused-ring (bicyclic) bond motifs is 2. The molecule has 0 unspecified atom stereocenters. The molecule has 1 aliphatic rings. The molecule has 2 aromatic carbocycles. The van der Waals surface area contributed by atoms with Crippen molar-refractivity contribution in [3.63, 3.8) is 0 Å². The number of likely N-dealkylation sites (N-methyl/N-ethyl adjacent to an activating group) is 1. The molecule has 1 fully saturated rings. The molecule has 1 aliphatic heterocycles. The number of ether oxygens (including phenoxy) is 1. The zero-order valence-electron chi connectivity index (χ0n) is 18.4. The van der Waals surface area contributed by atoms with Gasteiger partial charge in [0.05, 0.1) is 10.6 Å². The first-order valence-electron chi connectivity index (χ1n) is 10.9. The van der Waals surface area contributed by atoms with Gasteiger partial charge in [0, 0.05) is 13.1 Å². The molecule has 0 radical (unpaired) electrons. The maximum atomic E-state index is 13.4. The molecule has 4 N–H and O–H groups in total. The van der Waals surface area contributed by atoms with Crippen LogP contribution in [0.15, 0.2) is 65.8 Å². The molecule has 10 nitrogen and oxygen atoms in total. The van der Waals surface area contributed by atoms with Crippen molar-refractivity contribution in [3.8, 4) is 0 Å². The summed E-state index contributed by atoms with van der Waals surface area (Å²) in [4.78, 5) is 4.10. The van der Waals surface area contributed by atoms with Gasteiger partial charge in [0.25, 0.3) is 0 Å². The van der Waals surface area contributed by atoms with Crippen LogP contribution in [0.4, 0.5) is 5.82 Å². The van der Waals surface area contributed by atoms with Crippen molar-refractivity contribution >= 4 is 32.1 Å². The molecule has 34 heavy (non-hydrogen) atoms. The van der Waals surface area contributed by atoms with E-state index < -0.39 is 34.4 Å². The lowest BCUT2D eigenvalue weighted by Gasteiger charge is -2.25. The SMILES string of the molecule is CCN(C[C@H]1O[C@@H](c2ccc3c(N)ncnn23)[C@H](O)[C@@H]1O)S(=O)(=O)c1ccc2ccccc2c1. The second-order valence-electron chi connectivity index (χ2n) is 8.24. The van der Waals surface area contributed by atoms with Gasteiger partial charge in [-0.2, -0.15) is 9.40 Å². The van der Waals surface area contributed by atoms with Crippen LogP contribution in [0.5, 0.6) is 0 Å². The van der Waals surface area contributed by atoms with Gasteiger partial charge < -0.3 is 20.7 Å². The Kier molecular flexibility index (Phi) is 5.74. The third-order valence-corrected chi connectivity index (χ3v) is 8.20. The maximum absolute atomic E-state index is 13.4. The summed E-state index contributed by atoms with van der Waals surface area (Å²) in [5.41, 5.74) is 6.91. The monoisotopic (exact) mass is 483 g/mol. The third-order valence-electron chi connectivity index (χ3n) is 6.26. The van der Waals surface area contributed by atoms with Crippen molar-refractivity contribution in [2.24, 2.45) is 0 Å². The van der Waals surface area contributed by atoms with Gasteiger partial charge in [-0.05, 0) is 35.0 Å². The summed E-state index contributed by atoms with van der Waals surface area (Å²) in [6.45, 7) is 1.76. The second-order valence-corrected chi connectivity index (χ2v) is 10.2. The van der Waals surface area contributed by atoms with E-state index in [1.54, 1.807) is 37.3 Å². The number of benzene rings is 2. The molecule has 3 heterocycles. The van der Waals surface area contributed by atoms with Gasteiger partial charge in [-0.25, -0.2) is 17.9 Å². The standard InChI is InChI=1S/C23H25N5O5S/c1-2-27(34(31,32)16-8-7-14-5-3-4-6-15(14)11-16)12-19-20(29)21(30)22(33-19)17-9-10-18-23(24)25-13-26-28(17)18/h3-11,13,19-22,29-30H,2,12H2,1H3,(H2,24,25,26)/t19-,20-,21-,22+/m1/s1. The summed E-state index contributed by atoms with van der Waals surface area (Å²) in [7, 11) is -3.86. The van der Waals surface area contributed by atoms with Crippen molar-refractivity contribution in [1.29, 1.82) is 0 Å². The predicted molar refractivity (Wildman–Crippen MR) is 125 cm³/mol. The van der Waals surface area contributed by atoms with Gasteiger partial charge in [0.15, 0.2) is 5.82 Å². The van der Waals surface area contributed by atoms with Crippen molar-refractivity contribution < 1.29 is 23.4 Å². The number of anilines is 1. The first-order chi connectivity index (χ1) is 16.3. The van der Waals surface area contributed by atoms with Crippen LogP contribution in [0.25, 0.3) is 16.3 Å². The lowest BCUT2D eigenvalue weighted by atomic mass is 10.1. The van der Waals surface area contributed by atoms with Gasteiger partial charge in [0.2, 0.25) is 10.0 Å². The Bertz CT molecular complexity index is 1460. The minimum atomic E-state index is -3.86. The minimum absolute atomic E-state index is 0.124. The molecule has 0 bridgehead atoms. The molecular weight excluding hydrogens is 458 g/mol. The highest BCUT2D eigenvalue weighted by Crippen LogP contribution is 2.35. The average molecular weight is 484 g/mol. The molecule has 4 atom stereocenters. The van der Waals surface area contributed by atoms with E-state index in [1.807, 2.05) is 24.3 Å². The van der Waals surface area contributed by atoms with Gasteiger partial charge in [-0.1, -0.05) is 37.3 Å². The zero-order valence-corrected chi connectivity index (χ0v) is 19.2. The van der Waals surface area contributed by atoms with E-state index in [0.717, 1.165) is 10.8 Å². The van der Waals surface area contributed by atoms with Gasteiger partial charge in [-0.3, -0.25) is 0 Å². The Hall–Kier alpha value is -3.09. The lowest BCUT2D eigenvalue weighted by molar-refractivity contribution is -0.00312. The molecule has 5 rings (SSSR count). The molecule has 178 valence electrons. The Labute approximate surface area is 196 Å². The van der Waals surface area contributed by atoms with E-state index in [1.165, 1.54) is 15.1 Å². The summed E-state index contributed by atoms with van der Waals surface area (Å²) in [5, 5.41) is 27.3. The summed E-state index contributed by atoms with van der Waals surface area (Å²) in [6, 6.07) is 15.9. The van der Waals surface area contributed by atoms with Gasteiger partial charge >= 0.3 is 0 Å². The van der Waals surface area contributed by atoms with Crippen LogP contribution in [0, 0.1) is 0 Å². The summed E-state index contributed by atoms with van der Waals surface area (Å²) < 4.78 is 35.5. The van der Waals surface area contributed by atoms with Crippen LogP contribution in [-0.4, -0.2) is 68.9 Å². The molecule has 0 aliphatic carbocycles. The normalized spacial score (nSPS) is 23.3. The van der Waals surface area contributed by atoms with E-state index in [4.69, 9.17) is 10.5 Å². The average Bonchev–Trinajstić information content (AvgIpc) is 3.39. The number of nitrogens with zero attached hydrogens (tertiary/aromatic N) is 4. The minimum Gasteiger partial charge on any atom is -0.388 e. The highest BCUT2D eigenvalue weighted by molar-refractivity contribution is 7.89. The quantitative estimate of drug-likeness (QED) is 0.373. The molecule has 1 saturated heterocycles.